The highest BCUT2D eigenvalue weighted by Crippen LogP contribution is 2.39. The molecule has 65 heavy (non-hydrogen) atoms. The van der Waals surface area contributed by atoms with Crippen molar-refractivity contribution in [2.75, 3.05) is 13.6 Å². The van der Waals surface area contributed by atoms with Crippen molar-refractivity contribution in [3.05, 3.63) is 107 Å². The fourth-order valence-corrected chi connectivity index (χ4v) is 8.03. The van der Waals surface area contributed by atoms with Crippen LogP contribution in [0.3, 0.4) is 0 Å². The maximum Gasteiger partial charge on any atom is 0.240 e. The summed E-state index contributed by atoms with van der Waals surface area (Å²) in [6.45, 7) is 5.31. The Morgan fingerprint density at radius 3 is 2.05 bits per heavy atom. The molecule has 1 unspecified atom stereocenters. The van der Waals surface area contributed by atoms with Gasteiger partial charge in [0.1, 0.15) is 29.4 Å². The number of fused-ring (bicyclic) bond motifs is 5. The number of quaternary nitrogens is 1. The van der Waals surface area contributed by atoms with Crippen molar-refractivity contribution in [2.45, 2.75) is 103 Å². The van der Waals surface area contributed by atoms with E-state index in [2.05, 4.69) is 42.2 Å². The third-order valence-corrected chi connectivity index (χ3v) is 11.6. The summed E-state index contributed by atoms with van der Waals surface area (Å²) >= 11 is 0. The van der Waals surface area contributed by atoms with Gasteiger partial charge in [0, 0.05) is 73.6 Å². The van der Waals surface area contributed by atoms with Gasteiger partial charge in [-0.1, -0.05) is 80.9 Å². The lowest BCUT2D eigenvalue weighted by Gasteiger charge is -2.32. The Morgan fingerprint density at radius 1 is 0.846 bits per heavy atom. The highest BCUT2D eigenvalue weighted by atomic mass is 16.4. The Bertz CT molecular complexity index is 2320. The fraction of sp³-hybridized carbons (Fsp3) is 0.392. The van der Waals surface area contributed by atoms with Crippen molar-refractivity contribution in [3.63, 3.8) is 0 Å². The van der Waals surface area contributed by atoms with Crippen LogP contribution >= 0.6 is 0 Å². The minimum atomic E-state index is -1.24. The van der Waals surface area contributed by atoms with E-state index >= 15 is 0 Å². The molecule has 0 aromatic heterocycles. The van der Waals surface area contributed by atoms with Gasteiger partial charge in [0.15, 0.2) is 11.6 Å². The number of aromatic hydroxyl groups is 2. The number of carbonyl (C=O) groups is 7. The first-order chi connectivity index (χ1) is 30.9. The van der Waals surface area contributed by atoms with E-state index in [0.717, 1.165) is 37.3 Å². The molecule has 1 heterocycles. The number of nitrogens with one attached hydrogen (secondary N) is 1. The number of ketones is 3. The van der Waals surface area contributed by atoms with Crippen LogP contribution in [0, 0.1) is 11.8 Å². The molecule has 4 bridgehead atoms. The number of amides is 3. The molecule has 0 aliphatic carbocycles. The minimum Gasteiger partial charge on any atom is -0.550 e. The Morgan fingerprint density at radius 2 is 1.45 bits per heavy atom. The number of benzene rings is 4. The van der Waals surface area contributed by atoms with Gasteiger partial charge >= 0.3 is 0 Å². The molecular weight excluding hydrogens is 829 g/mol. The minimum absolute atomic E-state index is 0.00270. The Hall–Kier alpha value is -6.67. The molecule has 5 rings (SSSR count). The molecule has 8 N–H and O–H groups in total. The number of aliphatic carboxylic acids is 1. The normalized spacial score (nSPS) is 16.5. The van der Waals surface area contributed by atoms with Gasteiger partial charge in [-0.2, -0.15) is 0 Å². The number of hydrogen-bond acceptors (Lipinski definition) is 10. The number of phenols is 2. The van der Waals surface area contributed by atoms with Gasteiger partial charge in [0.05, 0.1) is 6.54 Å². The van der Waals surface area contributed by atoms with Gasteiger partial charge in [0.25, 0.3) is 0 Å². The SMILES string of the molecule is CC(=O)[O-].CCCc1ccc(-c2ccc(C(=O)CCCC(=O)CC(CCCC[NH3+])C(=O)N(C)[C@@H]3C(=O)C[C@@H](C)C(=O)N[C@H](C(N)=O)Cc4ccc(O)c(c4)-c4cc3ccc4O)cc2)cc1. The summed E-state index contributed by atoms with van der Waals surface area (Å²) in [5.41, 5.74) is 14.8. The average molecular weight is 891 g/mol. The van der Waals surface area contributed by atoms with Crippen LogP contribution in [-0.2, 0) is 41.6 Å². The van der Waals surface area contributed by atoms with E-state index in [1.54, 1.807) is 31.2 Å². The van der Waals surface area contributed by atoms with Gasteiger partial charge in [-0.25, -0.2) is 0 Å². The van der Waals surface area contributed by atoms with Gasteiger partial charge in [-0.15, -0.1) is 0 Å². The number of nitrogens with two attached hydrogens (primary N) is 1. The molecule has 0 spiro atoms. The Balaban J connectivity index is 0.00000222. The Labute approximate surface area is 380 Å². The standard InChI is InChI=1S/C49H58N4O8.C2H4O2/c1-4-8-31-12-15-33(16-13-31)34-17-19-35(20-18-34)42(55)11-7-10-38(54)28-37(9-5-6-24-50)49(61)53(3)46-36-21-23-44(57)40(29-36)39-26-32(14-22-43(39)56)27-41(47(51)59)52-48(60)30(2)25-45(46)58;1-2(3)4/h12-23,26,29-30,37,41,46,56-57H,4-11,24-25,27-28,50H2,1-3H3,(H2,51,59)(H,52,60);1H3,(H,3,4)/t30-,37?,41+,46+;/m1./s1. The zero-order chi connectivity index (χ0) is 47.8. The van der Waals surface area contributed by atoms with E-state index in [9.17, 15) is 39.0 Å². The number of Topliss-reactive ketones (excluding diaryl/α,β-unsaturated/α-hetero) is 3. The number of rotatable bonds is 17. The summed E-state index contributed by atoms with van der Waals surface area (Å²) in [5, 5.41) is 33.4. The van der Waals surface area contributed by atoms with Crippen LogP contribution in [-0.4, -0.2) is 75.8 Å². The molecule has 3 amide bonds. The second-order valence-electron chi connectivity index (χ2n) is 16.8. The van der Waals surface area contributed by atoms with Gasteiger partial charge < -0.3 is 41.8 Å². The molecule has 4 aromatic rings. The van der Waals surface area contributed by atoms with Gasteiger partial charge in [-0.05, 0) is 91.1 Å². The van der Waals surface area contributed by atoms with Crippen molar-refractivity contribution in [3.8, 4) is 33.8 Å². The zero-order valence-electron chi connectivity index (χ0n) is 37.8. The molecule has 14 nitrogen and oxygen atoms in total. The number of hydrogen-bond donors (Lipinski definition) is 5. The number of carboxylic acids is 1. The predicted octanol–water partition coefficient (Wildman–Crippen LogP) is 4.80. The van der Waals surface area contributed by atoms with Crippen LogP contribution in [0.5, 0.6) is 11.5 Å². The lowest BCUT2D eigenvalue weighted by Crippen LogP contribution is -2.50. The average Bonchev–Trinajstić information content (AvgIpc) is 3.26. The zero-order valence-corrected chi connectivity index (χ0v) is 37.8. The third-order valence-electron chi connectivity index (χ3n) is 11.6. The molecule has 0 fully saturated rings. The van der Waals surface area contributed by atoms with E-state index in [0.29, 0.717) is 42.5 Å². The predicted molar refractivity (Wildman–Crippen MR) is 244 cm³/mol. The lowest BCUT2D eigenvalue weighted by molar-refractivity contribution is -0.368. The topological polar surface area (TPSA) is 252 Å². The second kappa shape index (κ2) is 24.4. The quantitative estimate of drug-likeness (QED) is 0.0715. The lowest BCUT2D eigenvalue weighted by atomic mass is 9.88. The first kappa shape index (κ1) is 51.0. The highest BCUT2D eigenvalue weighted by Gasteiger charge is 2.36. The largest absolute Gasteiger partial charge is 0.550 e. The smallest absolute Gasteiger partial charge is 0.240 e. The molecule has 1 aliphatic rings. The van der Waals surface area contributed by atoms with Crippen LogP contribution < -0.4 is 21.9 Å². The summed E-state index contributed by atoms with van der Waals surface area (Å²) in [5.74, 6) is -5.70. The van der Waals surface area contributed by atoms with Crippen molar-refractivity contribution < 1.29 is 54.6 Å². The van der Waals surface area contributed by atoms with Gasteiger partial charge in [0.2, 0.25) is 17.7 Å². The number of carbonyl (C=O) groups excluding carboxylic acids is 7. The van der Waals surface area contributed by atoms with Crippen LogP contribution in [0.25, 0.3) is 22.3 Å². The van der Waals surface area contributed by atoms with E-state index in [1.807, 2.05) is 12.1 Å². The molecular formula is C51H62N4O10. The summed E-state index contributed by atoms with van der Waals surface area (Å²) < 4.78 is 0. The second-order valence-corrected chi connectivity index (χ2v) is 16.8. The maximum absolute atomic E-state index is 14.5. The molecule has 346 valence electrons. The molecule has 0 saturated carbocycles. The van der Waals surface area contributed by atoms with E-state index < -0.39 is 53.4 Å². The third kappa shape index (κ3) is 14.7. The summed E-state index contributed by atoms with van der Waals surface area (Å²) in [6.07, 6.45) is 4.01. The summed E-state index contributed by atoms with van der Waals surface area (Å²) in [6, 6.07) is 22.5. The Kier molecular flexibility index (Phi) is 19.1. The van der Waals surface area contributed by atoms with Gasteiger partial charge in [-0.3, -0.25) is 28.8 Å². The van der Waals surface area contributed by atoms with Crippen molar-refractivity contribution in [1.29, 1.82) is 0 Å². The molecule has 4 aromatic carbocycles. The maximum atomic E-state index is 14.5. The number of unbranched alkanes of at least 4 members (excludes halogenated alkanes) is 1. The molecule has 1 aliphatic heterocycles. The monoisotopic (exact) mass is 890 g/mol. The van der Waals surface area contributed by atoms with Crippen molar-refractivity contribution in [1.82, 2.24) is 10.2 Å². The molecule has 14 heteroatoms. The van der Waals surface area contributed by atoms with Crippen molar-refractivity contribution in [2.24, 2.45) is 17.6 Å². The fourth-order valence-electron chi connectivity index (χ4n) is 8.03. The number of nitrogens with zero attached hydrogens (tertiary/aromatic N) is 1. The number of phenolic OH excluding ortho intramolecular Hbond substituents is 2. The highest BCUT2D eigenvalue weighted by molar-refractivity contribution is 5.98. The molecule has 0 radical (unpaired) electrons. The number of primary amides is 1. The first-order valence-electron chi connectivity index (χ1n) is 22.2. The first-order valence-corrected chi connectivity index (χ1v) is 22.2. The number of likely N-dealkylation sites (N-methyl/N-ethyl adjacent to an activating group) is 1. The van der Waals surface area contributed by atoms with E-state index in [4.69, 9.17) is 15.6 Å². The number of aryl methyl sites for hydroxylation is 1. The summed E-state index contributed by atoms with van der Waals surface area (Å²) in [4.78, 5) is 91.4. The van der Waals surface area contributed by atoms with Crippen molar-refractivity contribution >= 4 is 41.0 Å². The van der Waals surface area contributed by atoms with Crippen LogP contribution in [0.2, 0.25) is 0 Å². The van der Waals surface area contributed by atoms with Crippen LogP contribution in [0.1, 0.15) is 112 Å². The van der Waals surface area contributed by atoms with Crippen LogP contribution in [0.4, 0.5) is 0 Å². The molecule has 0 saturated heterocycles. The number of carboxylic acid groups (broad SMARTS) is 1. The van der Waals surface area contributed by atoms with E-state index in [-0.39, 0.29) is 66.3 Å². The van der Waals surface area contributed by atoms with Crippen LogP contribution in [0.15, 0.2) is 84.9 Å². The van der Waals surface area contributed by atoms with E-state index in [1.165, 1.54) is 41.8 Å². The molecule has 4 atom stereocenters. The summed E-state index contributed by atoms with van der Waals surface area (Å²) in [7, 11) is 1.48.